The van der Waals surface area contributed by atoms with Gasteiger partial charge in [-0.05, 0) is 36.8 Å². The van der Waals surface area contributed by atoms with Crippen molar-refractivity contribution >= 4 is 28.8 Å². The molecule has 3 aromatic rings. The first-order valence-corrected chi connectivity index (χ1v) is 9.38. The molecule has 0 atom stereocenters. The Labute approximate surface area is 168 Å². The number of nitrogens with one attached hydrogen (secondary N) is 1. The van der Waals surface area contributed by atoms with Crippen molar-refractivity contribution in [2.75, 3.05) is 13.1 Å². The Balaban J connectivity index is 1.60. The molecule has 0 fully saturated rings. The average Bonchev–Trinajstić information content (AvgIpc) is 2.75. The SMILES string of the molecule is CCN(CC(=O)NCc1ccc(F)cc1)C(=O)/C=C/c1cccc2cccnc12. The molecule has 5 nitrogen and oxygen atoms in total. The number of hydrogen-bond acceptors (Lipinski definition) is 3. The third-order valence-corrected chi connectivity index (χ3v) is 4.50. The third-order valence-electron chi connectivity index (χ3n) is 4.50. The lowest BCUT2D eigenvalue weighted by atomic mass is 10.1. The van der Waals surface area contributed by atoms with E-state index in [0.29, 0.717) is 6.54 Å². The second-order valence-electron chi connectivity index (χ2n) is 6.51. The molecule has 29 heavy (non-hydrogen) atoms. The highest BCUT2D eigenvalue weighted by atomic mass is 19.1. The fourth-order valence-corrected chi connectivity index (χ4v) is 2.91. The van der Waals surface area contributed by atoms with Crippen LogP contribution in [0.25, 0.3) is 17.0 Å². The summed E-state index contributed by atoms with van der Waals surface area (Å²) in [6.07, 6.45) is 4.89. The van der Waals surface area contributed by atoms with E-state index < -0.39 is 0 Å². The zero-order valence-corrected chi connectivity index (χ0v) is 16.1. The smallest absolute Gasteiger partial charge is 0.247 e. The van der Waals surface area contributed by atoms with Gasteiger partial charge in [-0.15, -0.1) is 0 Å². The van der Waals surface area contributed by atoms with Crippen LogP contribution in [-0.4, -0.2) is 34.8 Å². The number of fused-ring (bicyclic) bond motifs is 1. The number of para-hydroxylation sites is 1. The van der Waals surface area contributed by atoms with Crippen LogP contribution in [0.2, 0.25) is 0 Å². The first-order chi connectivity index (χ1) is 14.1. The maximum Gasteiger partial charge on any atom is 0.247 e. The summed E-state index contributed by atoms with van der Waals surface area (Å²) in [7, 11) is 0. The predicted octanol–water partition coefficient (Wildman–Crippen LogP) is 3.55. The summed E-state index contributed by atoms with van der Waals surface area (Å²) in [6.45, 7) is 2.45. The number of nitrogens with zero attached hydrogens (tertiary/aromatic N) is 2. The summed E-state index contributed by atoms with van der Waals surface area (Å²) < 4.78 is 12.9. The molecule has 0 saturated carbocycles. The van der Waals surface area contributed by atoms with Gasteiger partial charge in [-0.2, -0.15) is 0 Å². The van der Waals surface area contributed by atoms with Crippen molar-refractivity contribution in [1.82, 2.24) is 15.2 Å². The van der Waals surface area contributed by atoms with Crippen LogP contribution in [0, 0.1) is 5.82 Å². The minimum Gasteiger partial charge on any atom is -0.350 e. The van der Waals surface area contributed by atoms with Crippen LogP contribution in [0.4, 0.5) is 4.39 Å². The maximum atomic E-state index is 12.9. The molecule has 1 aromatic heterocycles. The highest BCUT2D eigenvalue weighted by molar-refractivity contribution is 5.97. The molecular weight excluding hydrogens is 369 g/mol. The van der Waals surface area contributed by atoms with E-state index in [0.717, 1.165) is 22.0 Å². The molecule has 0 bridgehead atoms. The van der Waals surface area contributed by atoms with Crippen LogP contribution in [0.5, 0.6) is 0 Å². The molecule has 0 aliphatic heterocycles. The molecule has 0 aliphatic rings. The lowest BCUT2D eigenvalue weighted by Crippen LogP contribution is -2.39. The molecule has 148 valence electrons. The van der Waals surface area contributed by atoms with E-state index in [9.17, 15) is 14.0 Å². The first-order valence-electron chi connectivity index (χ1n) is 9.38. The summed E-state index contributed by atoms with van der Waals surface area (Å²) in [5.41, 5.74) is 2.45. The second kappa shape index (κ2) is 9.59. The van der Waals surface area contributed by atoms with Crippen LogP contribution >= 0.6 is 0 Å². The number of amides is 2. The van der Waals surface area contributed by atoms with Crippen molar-refractivity contribution in [2.24, 2.45) is 0 Å². The Kier molecular flexibility index (Phi) is 6.68. The average molecular weight is 391 g/mol. The lowest BCUT2D eigenvalue weighted by Gasteiger charge is -2.18. The van der Waals surface area contributed by atoms with E-state index in [1.165, 1.54) is 23.1 Å². The Hall–Kier alpha value is -3.54. The number of carbonyl (C=O) groups is 2. The standard InChI is InChI=1S/C23H22FN3O2/c1-2-27(16-21(28)26-15-17-8-11-20(24)12-9-17)22(29)13-10-19-6-3-5-18-7-4-14-25-23(18)19/h3-14H,2,15-16H2,1H3,(H,26,28)/b13-10+. The maximum absolute atomic E-state index is 12.9. The molecule has 1 heterocycles. The molecule has 3 rings (SSSR count). The molecular formula is C23H22FN3O2. The summed E-state index contributed by atoms with van der Waals surface area (Å²) in [5.74, 6) is -0.849. The number of carbonyl (C=O) groups excluding carboxylic acids is 2. The highest BCUT2D eigenvalue weighted by Crippen LogP contribution is 2.17. The predicted molar refractivity (Wildman–Crippen MR) is 111 cm³/mol. The van der Waals surface area contributed by atoms with Crippen molar-refractivity contribution in [3.05, 3.63) is 83.8 Å². The number of likely N-dealkylation sites (N-methyl/N-ethyl adjacent to an activating group) is 1. The number of hydrogen-bond donors (Lipinski definition) is 1. The Bertz CT molecular complexity index is 1030. The summed E-state index contributed by atoms with van der Waals surface area (Å²) in [4.78, 5) is 30.5. The zero-order valence-electron chi connectivity index (χ0n) is 16.1. The third kappa shape index (κ3) is 5.48. The fourth-order valence-electron chi connectivity index (χ4n) is 2.91. The molecule has 0 spiro atoms. The van der Waals surface area contributed by atoms with Crippen LogP contribution < -0.4 is 5.32 Å². The van der Waals surface area contributed by atoms with Gasteiger partial charge < -0.3 is 10.2 Å². The van der Waals surface area contributed by atoms with E-state index in [4.69, 9.17) is 0 Å². The number of aromatic nitrogens is 1. The Morgan fingerprint density at radius 3 is 2.62 bits per heavy atom. The molecule has 2 aromatic carbocycles. The van der Waals surface area contributed by atoms with Gasteiger partial charge in [0.25, 0.3) is 0 Å². The number of pyridine rings is 1. The van der Waals surface area contributed by atoms with E-state index >= 15 is 0 Å². The second-order valence-corrected chi connectivity index (χ2v) is 6.51. The van der Waals surface area contributed by atoms with Gasteiger partial charge in [0.15, 0.2) is 0 Å². The van der Waals surface area contributed by atoms with Gasteiger partial charge in [-0.1, -0.05) is 36.4 Å². The summed E-state index contributed by atoms with van der Waals surface area (Å²) >= 11 is 0. The van der Waals surface area contributed by atoms with Crippen molar-refractivity contribution in [3.63, 3.8) is 0 Å². The summed E-state index contributed by atoms with van der Waals surface area (Å²) in [5, 5.41) is 3.74. The number of benzene rings is 2. The monoisotopic (exact) mass is 391 g/mol. The van der Waals surface area contributed by atoms with Crippen LogP contribution in [0.15, 0.2) is 66.9 Å². The number of rotatable bonds is 7. The Morgan fingerprint density at radius 2 is 1.86 bits per heavy atom. The van der Waals surface area contributed by atoms with Crippen molar-refractivity contribution < 1.29 is 14.0 Å². The van der Waals surface area contributed by atoms with E-state index in [2.05, 4.69) is 10.3 Å². The molecule has 0 unspecified atom stereocenters. The zero-order chi connectivity index (χ0) is 20.6. The van der Waals surface area contributed by atoms with Gasteiger partial charge in [0, 0.05) is 36.3 Å². The van der Waals surface area contributed by atoms with Crippen LogP contribution in [0.3, 0.4) is 0 Å². The topological polar surface area (TPSA) is 62.3 Å². The number of halogens is 1. The largest absolute Gasteiger partial charge is 0.350 e. The van der Waals surface area contributed by atoms with Gasteiger partial charge in [-0.3, -0.25) is 14.6 Å². The van der Waals surface area contributed by atoms with Gasteiger partial charge in [0.2, 0.25) is 11.8 Å². The van der Waals surface area contributed by atoms with Gasteiger partial charge in [0.05, 0.1) is 12.1 Å². The molecule has 2 amide bonds. The quantitative estimate of drug-likeness (QED) is 0.627. The Morgan fingerprint density at radius 1 is 1.10 bits per heavy atom. The van der Waals surface area contributed by atoms with Crippen molar-refractivity contribution in [2.45, 2.75) is 13.5 Å². The van der Waals surface area contributed by atoms with Crippen molar-refractivity contribution in [1.29, 1.82) is 0 Å². The van der Waals surface area contributed by atoms with Gasteiger partial charge in [-0.25, -0.2) is 4.39 Å². The molecule has 0 radical (unpaired) electrons. The normalized spacial score (nSPS) is 11.0. The van der Waals surface area contributed by atoms with Crippen LogP contribution in [0.1, 0.15) is 18.1 Å². The minimum atomic E-state index is -0.323. The van der Waals surface area contributed by atoms with E-state index in [1.54, 1.807) is 24.4 Å². The molecule has 0 aliphatic carbocycles. The van der Waals surface area contributed by atoms with E-state index in [1.807, 2.05) is 37.3 Å². The lowest BCUT2D eigenvalue weighted by molar-refractivity contribution is -0.132. The van der Waals surface area contributed by atoms with Crippen molar-refractivity contribution in [3.8, 4) is 0 Å². The molecule has 6 heteroatoms. The summed E-state index contributed by atoms with van der Waals surface area (Å²) in [6, 6.07) is 15.5. The fraction of sp³-hybridized carbons (Fsp3) is 0.174. The van der Waals surface area contributed by atoms with E-state index in [-0.39, 0.29) is 30.7 Å². The van der Waals surface area contributed by atoms with Gasteiger partial charge >= 0.3 is 0 Å². The van der Waals surface area contributed by atoms with Crippen LogP contribution in [-0.2, 0) is 16.1 Å². The first kappa shape index (κ1) is 20.2. The molecule has 1 N–H and O–H groups in total. The highest BCUT2D eigenvalue weighted by Gasteiger charge is 2.13. The minimum absolute atomic E-state index is 0.0470. The molecule has 0 saturated heterocycles. The van der Waals surface area contributed by atoms with Gasteiger partial charge in [0.1, 0.15) is 5.82 Å².